The Balaban J connectivity index is 1.59. The number of nitrogens with zero attached hydrogens (tertiary/aromatic N) is 2. The highest BCUT2D eigenvalue weighted by Gasteiger charge is 2.40. The molecule has 21 nitrogen and oxygen atoms in total. The fourth-order valence-corrected chi connectivity index (χ4v) is 8.29. The van der Waals surface area contributed by atoms with Crippen LogP contribution in [0, 0.1) is 0 Å². The van der Waals surface area contributed by atoms with Gasteiger partial charge in [-0.15, -0.1) is 0 Å². The highest BCUT2D eigenvalue weighted by atomic mass is 79.9. The summed E-state index contributed by atoms with van der Waals surface area (Å²) in [5.74, 6) is -5.02. The molecule has 0 saturated carbocycles. The Hall–Kier alpha value is -6.13. The number of nitrogens with two attached hydrogens (primary N) is 2. The fourth-order valence-electron chi connectivity index (χ4n) is 7.93. The Kier molecular flexibility index (Phi) is 27.4. The van der Waals surface area contributed by atoms with Gasteiger partial charge in [-0.25, -0.2) is 0 Å². The highest BCUT2D eigenvalue weighted by molar-refractivity contribution is 9.10. The first kappa shape index (κ1) is 60.2. The van der Waals surface area contributed by atoms with Gasteiger partial charge in [-0.1, -0.05) is 78.7 Å². The monoisotopic (exact) mass is 1070 g/mol. The Morgan fingerprint density at radius 1 is 0.833 bits per heavy atom. The van der Waals surface area contributed by atoms with Crippen molar-refractivity contribution in [2.45, 2.75) is 154 Å². The first-order chi connectivity index (χ1) is 34.4. The molecular formula is C50H75BrN10O11. The number of phenols is 1. The molecule has 0 bridgehead atoms. The number of aromatic hydroxyl groups is 1. The molecule has 398 valence electrons. The van der Waals surface area contributed by atoms with Crippen LogP contribution in [-0.2, 0) is 38.4 Å². The number of aliphatic hydroxyl groups excluding tert-OH is 1. The van der Waals surface area contributed by atoms with Crippen molar-refractivity contribution in [1.82, 2.24) is 31.5 Å². The number of phenolic OH excluding ortho intramolecular Hbond substituents is 1. The van der Waals surface area contributed by atoms with Crippen molar-refractivity contribution in [2.24, 2.45) is 16.6 Å². The van der Waals surface area contributed by atoms with Gasteiger partial charge in [0, 0.05) is 29.7 Å². The normalized spacial score (nSPS) is 15.1. The molecule has 1 saturated heterocycles. The fraction of sp³-hybridized carbons (Fsp3) is 0.580. The van der Waals surface area contributed by atoms with Gasteiger partial charge in [-0.05, 0) is 114 Å². The van der Waals surface area contributed by atoms with Crippen molar-refractivity contribution in [3.05, 3.63) is 58.1 Å². The van der Waals surface area contributed by atoms with E-state index in [2.05, 4.69) is 59.9 Å². The second-order valence-corrected chi connectivity index (χ2v) is 18.8. The van der Waals surface area contributed by atoms with Crippen LogP contribution in [0.4, 0.5) is 5.69 Å². The number of aliphatic hydroxyl groups is 1. The van der Waals surface area contributed by atoms with Crippen LogP contribution >= 0.6 is 15.9 Å². The molecule has 5 atom stereocenters. The second-order valence-electron chi connectivity index (χ2n) is 17.9. The zero-order valence-electron chi connectivity index (χ0n) is 41.8. The van der Waals surface area contributed by atoms with Crippen LogP contribution in [0.5, 0.6) is 5.75 Å². The minimum Gasteiger partial charge on any atom is -0.507 e. The molecule has 2 aromatic rings. The summed E-state index contributed by atoms with van der Waals surface area (Å²) in [6.07, 6.45) is 9.63. The molecule has 3 rings (SSSR count). The molecule has 0 spiro atoms. The van der Waals surface area contributed by atoms with E-state index in [1.165, 1.54) is 49.6 Å². The molecule has 1 aliphatic heterocycles. The zero-order chi connectivity index (χ0) is 53.0. The summed E-state index contributed by atoms with van der Waals surface area (Å²) in [4.78, 5) is 111. The molecule has 8 amide bonds. The van der Waals surface area contributed by atoms with E-state index < -0.39 is 84.8 Å². The van der Waals surface area contributed by atoms with E-state index >= 15 is 0 Å². The Morgan fingerprint density at radius 2 is 1.51 bits per heavy atom. The van der Waals surface area contributed by atoms with Crippen molar-refractivity contribution < 1.29 is 53.4 Å². The molecule has 1 heterocycles. The number of carbonyl (C=O) groups excluding carboxylic acids is 8. The van der Waals surface area contributed by atoms with E-state index in [1.54, 1.807) is 37.3 Å². The summed E-state index contributed by atoms with van der Waals surface area (Å²) >= 11 is 3.28. The van der Waals surface area contributed by atoms with Crippen LogP contribution in [-0.4, -0.2) is 131 Å². The highest BCUT2D eigenvalue weighted by Crippen LogP contribution is 2.24. The predicted octanol–water partition coefficient (Wildman–Crippen LogP) is 3.13. The van der Waals surface area contributed by atoms with E-state index in [1.807, 2.05) is 0 Å². The lowest BCUT2D eigenvalue weighted by Crippen LogP contribution is -2.59. The number of hydrogen-bond donors (Lipinski definition) is 10. The summed E-state index contributed by atoms with van der Waals surface area (Å²) in [6.45, 7) is 4.86. The van der Waals surface area contributed by atoms with E-state index in [9.17, 15) is 48.6 Å². The topological polar surface area (TPSA) is 326 Å². The molecule has 0 aromatic heterocycles. The number of primary amides is 1. The quantitative estimate of drug-likeness (QED) is 0.0280. The van der Waals surface area contributed by atoms with Crippen molar-refractivity contribution in [3.8, 4) is 5.75 Å². The van der Waals surface area contributed by atoms with Crippen molar-refractivity contribution >= 4 is 74.6 Å². The first-order valence-electron chi connectivity index (χ1n) is 24.9. The lowest BCUT2D eigenvalue weighted by Gasteiger charge is -2.31. The standard InChI is InChI=1S/C50H75BrN10O11/c1-4-5-6-7-8-9-10-19-43(65)54-27-14-12-16-38(47(68)55-30-42(53)64)57-48(69)40-18-15-28-61(40)50(71)39(17-11-13-26-52)58-49(70)45(33(3)62)59-44(66)31-72-60-32(2)34-20-23-36(24-21-34)56-46(67)37-29-35(51)22-25-41(37)63/h20-25,29,33,38-40,45,62-63H,4-19,26-28,30-31,52H2,1-3H3,(H2,53,64)(H,54,65)(H,55,68)(H,56,67)(H,57,69)(H,58,70)(H,59,66)/b60-32+/t33-,38+,39+,40+,45+/m1/s1. The van der Waals surface area contributed by atoms with E-state index in [0.717, 1.165) is 19.3 Å². The third-order valence-corrected chi connectivity index (χ3v) is 12.5. The predicted molar refractivity (Wildman–Crippen MR) is 275 cm³/mol. The minimum absolute atomic E-state index is 0.0439. The van der Waals surface area contributed by atoms with E-state index in [0.29, 0.717) is 73.0 Å². The number of amides is 8. The molecule has 1 fully saturated rings. The van der Waals surface area contributed by atoms with Crippen LogP contribution < -0.4 is 43.4 Å². The number of rotatable bonds is 33. The molecule has 72 heavy (non-hydrogen) atoms. The molecule has 2 aromatic carbocycles. The smallest absolute Gasteiger partial charge is 0.261 e. The summed E-state index contributed by atoms with van der Waals surface area (Å²) in [7, 11) is 0. The van der Waals surface area contributed by atoms with Crippen molar-refractivity contribution in [2.75, 3.05) is 38.1 Å². The number of likely N-dealkylation sites (tertiary alicyclic amines) is 1. The zero-order valence-corrected chi connectivity index (χ0v) is 43.4. The molecule has 0 aliphatic carbocycles. The maximum atomic E-state index is 14.2. The maximum absolute atomic E-state index is 14.2. The molecular weight excluding hydrogens is 997 g/mol. The van der Waals surface area contributed by atoms with Gasteiger partial charge in [0.05, 0.1) is 23.9 Å². The van der Waals surface area contributed by atoms with Crippen LogP contribution in [0.1, 0.15) is 139 Å². The van der Waals surface area contributed by atoms with Crippen LogP contribution in [0.15, 0.2) is 52.1 Å². The number of anilines is 1. The third kappa shape index (κ3) is 21.7. The van der Waals surface area contributed by atoms with Gasteiger partial charge in [-0.3, -0.25) is 38.4 Å². The minimum atomic E-state index is -1.52. The number of oxime groups is 1. The summed E-state index contributed by atoms with van der Waals surface area (Å²) in [6, 6.07) is 6.25. The Morgan fingerprint density at radius 3 is 2.19 bits per heavy atom. The van der Waals surface area contributed by atoms with Crippen LogP contribution in [0.3, 0.4) is 0 Å². The van der Waals surface area contributed by atoms with Gasteiger partial charge < -0.3 is 63.3 Å². The first-order valence-corrected chi connectivity index (χ1v) is 25.7. The number of nitrogens with one attached hydrogen (secondary N) is 6. The molecule has 12 N–H and O–H groups in total. The number of halogens is 1. The van der Waals surface area contributed by atoms with Gasteiger partial charge in [0.15, 0.2) is 6.61 Å². The number of carbonyl (C=O) groups is 8. The van der Waals surface area contributed by atoms with Gasteiger partial charge in [-0.2, -0.15) is 0 Å². The van der Waals surface area contributed by atoms with Gasteiger partial charge in [0.25, 0.3) is 11.8 Å². The molecule has 22 heteroatoms. The van der Waals surface area contributed by atoms with E-state index in [4.69, 9.17) is 16.3 Å². The third-order valence-electron chi connectivity index (χ3n) is 12.0. The summed E-state index contributed by atoms with van der Waals surface area (Å²) in [5.41, 5.74) is 12.5. The average Bonchev–Trinajstić information content (AvgIpc) is 3.85. The number of hydrogen-bond acceptors (Lipinski definition) is 13. The van der Waals surface area contributed by atoms with Gasteiger partial charge >= 0.3 is 0 Å². The number of benzene rings is 2. The average molecular weight is 1070 g/mol. The second kappa shape index (κ2) is 32.8. The lowest BCUT2D eigenvalue weighted by molar-refractivity contribution is -0.143. The SMILES string of the molecule is CCCCCCCCCC(=O)NCCCC[C@H](NC(=O)[C@@H]1CCCN1C(=O)[C@H](CCCCN)NC(=O)[C@@H](NC(=O)CO/N=C(\C)c1ccc(NC(=O)c2cc(Br)ccc2O)cc1)[C@@H](C)O)C(=O)NCC(N)=O. The van der Waals surface area contributed by atoms with Crippen LogP contribution in [0.25, 0.3) is 0 Å². The van der Waals surface area contributed by atoms with Crippen molar-refractivity contribution in [1.29, 1.82) is 0 Å². The largest absolute Gasteiger partial charge is 0.507 e. The number of unbranched alkanes of at least 4 members (excludes halogenated alkanes) is 8. The lowest BCUT2D eigenvalue weighted by atomic mass is 10.0. The molecule has 0 radical (unpaired) electrons. The Labute approximate surface area is 430 Å². The van der Waals surface area contributed by atoms with Gasteiger partial charge in [0.2, 0.25) is 35.4 Å². The maximum Gasteiger partial charge on any atom is 0.261 e. The van der Waals surface area contributed by atoms with E-state index in [-0.39, 0.29) is 43.0 Å². The van der Waals surface area contributed by atoms with Crippen LogP contribution in [0.2, 0.25) is 0 Å². The van der Waals surface area contributed by atoms with Gasteiger partial charge in [0.1, 0.15) is 29.9 Å². The molecule has 1 aliphatic rings. The summed E-state index contributed by atoms with van der Waals surface area (Å²) in [5, 5.41) is 40.5. The molecule has 0 unspecified atom stereocenters. The Bertz CT molecular complexity index is 2140. The van der Waals surface area contributed by atoms with Crippen molar-refractivity contribution in [3.63, 3.8) is 0 Å². The summed E-state index contributed by atoms with van der Waals surface area (Å²) < 4.78 is 0.620.